The van der Waals surface area contributed by atoms with Crippen LogP contribution in [0.2, 0.25) is 0 Å². The monoisotopic (exact) mass is 404 g/mol. The Hall–Kier alpha value is -2.43. The molecule has 3 heterocycles. The van der Waals surface area contributed by atoms with Gasteiger partial charge >= 0.3 is 0 Å². The van der Waals surface area contributed by atoms with Crippen LogP contribution in [0, 0.1) is 5.82 Å². The summed E-state index contributed by atoms with van der Waals surface area (Å²) < 4.78 is 19.8. The van der Waals surface area contributed by atoms with Crippen molar-refractivity contribution in [3.05, 3.63) is 83.6 Å². The second-order valence-electron chi connectivity index (χ2n) is 5.93. The number of nitrogens with zero attached hydrogens (tertiary/aromatic N) is 2. The summed E-state index contributed by atoms with van der Waals surface area (Å²) in [5.74, 6) is 0.943. The topological polar surface area (TPSA) is 38.4 Å². The number of benzene rings is 1. The Morgan fingerprint density at radius 2 is 1.85 bits per heavy atom. The quantitative estimate of drug-likeness (QED) is 0.537. The average molecular weight is 405 g/mol. The summed E-state index contributed by atoms with van der Waals surface area (Å²) in [4.78, 5) is 8.84. The highest BCUT2D eigenvalue weighted by Crippen LogP contribution is 2.27. The van der Waals surface area contributed by atoms with Crippen LogP contribution in [-0.4, -0.2) is 17.2 Å². The highest BCUT2D eigenvalue weighted by Gasteiger charge is 2.15. The first-order valence-corrected chi connectivity index (χ1v) is 8.32. The summed E-state index contributed by atoms with van der Waals surface area (Å²) in [6.07, 6.45) is 7.52. The van der Waals surface area contributed by atoms with E-state index in [-0.39, 0.29) is 30.6 Å². The predicted octanol–water partition coefficient (Wildman–Crippen LogP) is 5.99. The molecule has 0 unspecified atom stereocenters. The van der Waals surface area contributed by atoms with Gasteiger partial charge in [-0.1, -0.05) is 12.1 Å². The third-order valence-corrected chi connectivity index (χ3v) is 4.20. The highest BCUT2D eigenvalue weighted by molar-refractivity contribution is 6.15. The molecule has 0 fully saturated rings. The molecule has 0 saturated carbocycles. The van der Waals surface area contributed by atoms with E-state index in [1.165, 1.54) is 6.07 Å². The van der Waals surface area contributed by atoms with E-state index in [2.05, 4.69) is 9.98 Å². The summed E-state index contributed by atoms with van der Waals surface area (Å²) >= 11 is 0. The van der Waals surface area contributed by atoms with E-state index in [1.54, 1.807) is 30.5 Å². The molecule has 0 N–H and O–H groups in total. The predicted molar refractivity (Wildman–Crippen MR) is 111 cm³/mol. The summed E-state index contributed by atoms with van der Waals surface area (Å²) in [6, 6.07) is 14.2. The number of hydrogen-bond acceptors (Lipinski definition) is 3. The number of hydrogen-bond donors (Lipinski definition) is 0. The third kappa shape index (κ3) is 4.65. The van der Waals surface area contributed by atoms with Gasteiger partial charge in [0.1, 0.15) is 17.3 Å². The lowest BCUT2D eigenvalue weighted by molar-refractivity contribution is 0.560. The van der Waals surface area contributed by atoms with Crippen molar-refractivity contribution in [1.82, 2.24) is 4.98 Å². The summed E-state index contributed by atoms with van der Waals surface area (Å²) in [6.45, 7) is 0.820. The first-order valence-electron chi connectivity index (χ1n) is 8.32. The van der Waals surface area contributed by atoms with Crippen LogP contribution in [0.25, 0.3) is 17.4 Å². The lowest BCUT2D eigenvalue weighted by atomic mass is 9.96. The molecule has 3 aromatic rings. The Labute approximate surface area is 169 Å². The van der Waals surface area contributed by atoms with Gasteiger partial charge in [-0.3, -0.25) is 9.98 Å². The van der Waals surface area contributed by atoms with E-state index in [0.29, 0.717) is 17.1 Å². The number of aromatic nitrogens is 1. The molecule has 0 bridgehead atoms. The molecule has 140 valence electrons. The Balaban J connectivity index is 0.00000131. The van der Waals surface area contributed by atoms with Crippen LogP contribution >= 0.6 is 24.8 Å². The highest BCUT2D eigenvalue weighted by atomic mass is 35.5. The SMILES string of the molecule is Cl.Cl.Fc1ccccc1-c1ccc(/C=C2\CCCN=C2c2cccnc2)o1. The van der Waals surface area contributed by atoms with Gasteiger partial charge in [0.05, 0.1) is 11.3 Å². The van der Waals surface area contributed by atoms with Gasteiger partial charge < -0.3 is 4.42 Å². The summed E-state index contributed by atoms with van der Waals surface area (Å²) in [5.41, 5.74) is 3.56. The summed E-state index contributed by atoms with van der Waals surface area (Å²) in [5, 5.41) is 0. The van der Waals surface area contributed by atoms with E-state index in [4.69, 9.17) is 4.42 Å². The zero-order valence-corrected chi connectivity index (χ0v) is 16.1. The molecule has 2 aromatic heterocycles. The van der Waals surface area contributed by atoms with Gasteiger partial charge in [-0.2, -0.15) is 0 Å². The van der Waals surface area contributed by atoms with Gasteiger partial charge in [-0.25, -0.2) is 4.39 Å². The lowest BCUT2D eigenvalue weighted by Crippen LogP contribution is -2.11. The Morgan fingerprint density at radius 1 is 1.00 bits per heavy atom. The van der Waals surface area contributed by atoms with Gasteiger partial charge in [0.15, 0.2) is 0 Å². The van der Waals surface area contributed by atoms with Gasteiger partial charge in [-0.15, -0.1) is 24.8 Å². The molecule has 6 heteroatoms. The van der Waals surface area contributed by atoms with Crippen LogP contribution in [0.4, 0.5) is 4.39 Å². The average Bonchev–Trinajstić information content (AvgIpc) is 3.11. The smallest absolute Gasteiger partial charge is 0.137 e. The standard InChI is InChI=1S/C21H17FN2O.2ClH/c22-19-8-2-1-7-18(19)20-10-9-17(25-20)13-15-5-4-12-24-21(15)16-6-3-11-23-14-16;;/h1-3,6-11,13-14H,4-5,12H2;2*1H/b15-13+;;. The third-order valence-electron chi connectivity index (χ3n) is 4.20. The molecule has 1 aliphatic heterocycles. The first kappa shape index (κ1) is 20.9. The van der Waals surface area contributed by atoms with Crippen molar-refractivity contribution >= 4 is 36.6 Å². The molecular weight excluding hydrogens is 386 g/mol. The van der Waals surface area contributed by atoms with Crippen molar-refractivity contribution in [2.24, 2.45) is 4.99 Å². The summed E-state index contributed by atoms with van der Waals surface area (Å²) in [7, 11) is 0. The molecule has 1 aromatic carbocycles. The maximum absolute atomic E-state index is 13.9. The fourth-order valence-electron chi connectivity index (χ4n) is 3.01. The van der Waals surface area contributed by atoms with Crippen molar-refractivity contribution in [1.29, 1.82) is 0 Å². The van der Waals surface area contributed by atoms with Gasteiger partial charge in [0.2, 0.25) is 0 Å². The van der Waals surface area contributed by atoms with E-state index < -0.39 is 0 Å². The molecular formula is C21H19Cl2FN2O. The minimum absolute atomic E-state index is 0. The number of furan rings is 1. The van der Waals surface area contributed by atoms with Crippen LogP contribution in [0.15, 0.2) is 75.9 Å². The van der Waals surface area contributed by atoms with Crippen molar-refractivity contribution in [3.8, 4) is 11.3 Å². The second kappa shape index (κ2) is 9.49. The van der Waals surface area contributed by atoms with Crippen molar-refractivity contribution in [3.63, 3.8) is 0 Å². The molecule has 0 spiro atoms. The van der Waals surface area contributed by atoms with E-state index in [9.17, 15) is 4.39 Å². The van der Waals surface area contributed by atoms with Crippen LogP contribution in [-0.2, 0) is 0 Å². The van der Waals surface area contributed by atoms with Gasteiger partial charge in [0.25, 0.3) is 0 Å². The molecule has 0 amide bonds. The second-order valence-corrected chi connectivity index (χ2v) is 5.93. The number of pyridine rings is 1. The normalized spacial score (nSPS) is 14.9. The maximum atomic E-state index is 13.9. The van der Waals surface area contributed by atoms with Crippen LogP contribution in [0.5, 0.6) is 0 Å². The van der Waals surface area contributed by atoms with Gasteiger partial charge in [0, 0.05) is 24.5 Å². The van der Waals surface area contributed by atoms with E-state index in [0.717, 1.165) is 36.2 Å². The van der Waals surface area contributed by atoms with Crippen molar-refractivity contribution < 1.29 is 8.81 Å². The van der Waals surface area contributed by atoms with Crippen LogP contribution in [0.3, 0.4) is 0 Å². The Kier molecular flexibility index (Phi) is 7.34. The van der Waals surface area contributed by atoms with Crippen LogP contribution in [0.1, 0.15) is 24.2 Å². The number of aliphatic imine (C=N–C) groups is 1. The molecule has 0 aliphatic carbocycles. The van der Waals surface area contributed by atoms with Gasteiger partial charge in [-0.05, 0) is 60.9 Å². The lowest BCUT2D eigenvalue weighted by Gasteiger charge is -2.15. The van der Waals surface area contributed by atoms with Crippen molar-refractivity contribution in [2.75, 3.05) is 6.54 Å². The molecule has 27 heavy (non-hydrogen) atoms. The molecule has 0 radical (unpaired) electrons. The number of rotatable bonds is 3. The number of allylic oxidation sites excluding steroid dienone is 1. The minimum atomic E-state index is -0.286. The Morgan fingerprint density at radius 3 is 2.63 bits per heavy atom. The van der Waals surface area contributed by atoms with E-state index >= 15 is 0 Å². The Bertz CT molecular complexity index is 952. The maximum Gasteiger partial charge on any atom is 0.137 e. The van der Waals surface area contributed by atoms with Crippen LogP contribution < -0.4 is 0 Å². The fourth-order valence-corrected chi connectivity index (χ4v) is 3.01. The van der Waals surface area contributed by atoms with Crippen molar-refractivity contribution in [2.45, 2.75) is 12.8 Å². The zero-order chi connectivity index (χ0) is 17.1. The molecule has 3 nitrogen and oxygen atoms in total. The molecule has 0 saturated heterocycles. The minimum Gasteiger partial charge on any atom is -0.457 e. The largest absolute Gasteiger partial charge is 0.457 e. The molecule has 0 atom stereocenters. The number of halogens is 3. The molecule has 1 aliphatic rings. The first-order chi connectivity index (χ1) is 12.3. The van der Waals surface area contributed by atoms with E-state index in [1.807, 2.05) is 30.5 Å². The fraction of sp³-hybridized carbons (Fsp3) is 0.143. The zero-order valence-electron chi connectivity index (χ0n) is 14.5. The molecule has 4 rings (SSSR count).